The summed E-state index contributed by atoms with van der Waals surface area (Å²) in [4.78, 5) is 43.7. The van der Waals surface area contributed by atoms with Gasteiger partial charge in [0, 0.05) is 12.0 Å². The van der Waals surface area contributed by atoms with Gasteiger partial charge in [-0.3, -0.25) is 29.3 Å². The van der Waals surface area contributed by atoms with Crippen molar-refractivity contribution in [2.24, 2.45) is 0 Å². The summed E-state index contributed by atoms with van der Waals surface area (Å²) in [5, 5.41) is 34.5. The van der Waals surface area contributed by atoms with Gasteiger partial charge in [-0.2, -0.15) is 0 Å². The zero-order valence-corrected chi connectivity index (χ0v) is 30.7. The van der Waals surface area contributed by atoms with Gasteiger partial charge in [0.25, 0.3) is 5.91 Å². The number of ether oxygens (including phenoxy) is 4. The maximum absolute atomic E-state index is 13.3. The molecule has 1 amide bonds. The Morgan fingerprint density at radius 3 is 2.02 bits per heavy atom. The van der Waals surface area contributed by atoms with Crippen LogP contribution < -0.4 is 14.8 Å². The number of hydrogen-bond acceptors (Lipinski definition) is 11. The number of aliphatic hydroxyl groups is 1. The van der Waals surface area contributed by atoms with E-state index >= 15 is 0 Å². The minimum absolute atomic E-state index is 0.0241. The Hall–Kier alpha value is -6.51. The second kappa shape index (κ2) is 16.1. The molecule has 0 radical (unpaired) electrons. The van der Waals surface area contributed by atoms with Crippen LogP contribution in [0.1, 0.15) is 58.2 Å². The number of carboxylic acids is 1. The van der Waals surface area contributed by atoms with E-state index < -0.39 is 48.3 Å². The van der Waals surface area contributed by atoms with E-state index in [1.807, 2.05) is 54.6 Å². The van der Waals surface area contributed by atoms with Gasteiger partial charge in [-0.25, -0.2) is 4.98 Å². The van der Waals surface area contributed by atoms with Crippen LogP contribution in [0.3, 0.4) is 0 Å². The van der Waals surface area contributed by atoms with E-state index in [-0.39, 0.29) is 36.9 Å². The number of aliphatic hydroxyl groups excluding tert-OH is 1. The number of hydrogen-bond donors (Lipinski definition) is 4. The lowest BCUT2D eigenvalue weighted by Gasteiger charge is -2.43. The van der Waals surface area contributed by atoms with Crippen LogP contribution in [0.2, 0.25) is 0 Å². The third-order valence-electron chi connectivity index (χ3n) is 10.3. The largest absolute Gasteiger partial charge is 0.497 e. The molecule has 14 nitrogen and oxygen atoms in total. The summed E-state index contributed by atoms with van der Waals surface area (Å²) in [6.07, 6.45) is -3.86. The first-order valence-electron chi connectivity index (χ1n) is 18.0. The summed E-state index contributed by atoms with van der Waals surface area (Å²) in [7, 11) is 3.13. The lowest BCUT2D eigenvalue weighted by atomic mass is 9.64. The first-order valence-corrected chi connectivity index (χ1v) is 18.0. The number of carboxylic acid groups (broad SMARTS) is 1. The minimum atomic E-state index is -1.43. The number of amides is 1. The quantitative estimate of drug-likeness (QED) is 0.0913. The summed E-state index contributed by atoms with van der Waals surface area (Å²) in [6, 6.07) is 32.7. The molecule has 4 atom stereocenters. The van der Waals surface area contributed by atoms with Crippen molar-refractivity contribution in [3.05, 3.63) is 143 Å². The number of fused-ring (bicyclic) bond motifs is 1. The Bertz CT molecular complexity index is 2150. The number of methoxy groups -OCH3 is 2. The summed E-state index contributed by atoms with van der Waals surface area (Å²) in [6.45, 7) is -0.0241. The molecule has 1 unspecified atom stereocenters. The standard InChI is InChI=1S/C42H41N5O9/c1-53-30-17-13-28(14-18-30)42(27-11-7-4-8-12-27,29-15-19-31(54-2)20-16-29)38(51)37-32(55-35(50)22-21-34(48)49)23-33(56-37)46-24-44-36-39(43)47(25-45-40(36)46)41(52)26-9-5-3-6-10-26/h3-20,24,32-33,37-38,43,45,51H,21-23,25H2,1-2H3,(H,48,49)/t32-,33+,37-,38?/m0/s1. The molecule has 0 aliphatic carbocycles. The van der Waals surface area contributed by atoms with Gasteiger partial charge in [-0.15, -0.1) is 0 Å². The van der Waals surface area contributed by atoms with Gasteiger partial charge < -0.3 is 34.5 Å². The van der Waals surface area contributed by atoms with Crippen LogP contribution >= 0.6 is 0 Å². The molecule has 0 saturated carbocycles. The fourth-order valence-corrected chi connectivity index (χ4v) is 7.53. The molecular weight excluding hydrogens is 718 g/mol. The summed E-state index contributed by atoms with van der Waals surface area (Å²) in [5.41, 5.74) is 1.37. The molecule has 0 bridgehead atoms. The monoisotopic (exact) mass is 759 g/mol. The van der Waals surface area contributed by atoms with Crippen molar-refractivity contribution in [1.29, 1.82) is 5.41 Å². The molecule has 1 saturated heterocycles. The van der Waals surface area contributed by atoms with E-state index in [1.165, 1.54) is 11.2 Å². The Kier molecular flexibility index (Phi) is 10.8. The molecule has 1 aromatic heterocycles. The molecule has 288 valence electrons. The SMILES string of the molecule is COc1ccc(C(c2ccccc2)(c2ccc(OC)cc2)C(O)[C@H]2O[C@@H](n3cnc4c3NCN(C(=O)c3ccccc3)C4=N)C[C@@H]2OC(=O)CCC(=O)O)cc1. The molecule has 2 aliphatic rings. The molecular formula is C42H41N5O9. The fraction of sp³-hybridized carbons (Fsp3) is 0.262. The van der Waals surface area contributed by atoms with Crippen molar-refractivity contribution in [3.8, 4) is 11.5 Å². The number of rotatable bonds is 13. The number of aromatic nitrogens is 2. The zero-order valence-electron chi connectivity index (χ0n) is 30.7. The van der Waals surface area contributed by atoms with Gasteiger partial charge in [0.2, 0.25) is 0 Å². The number of nitrogens with one attached hydrogen (secondary N) is 2. The number of imidazole rings is 1. The maximum atomic E-state index is 13.3. The summed E-state index contributed by atoms with van der Waals surface area (Å²) in [5.74, 6) is -0.780. The number of esters is 1. The normalized spacial score (nSPS) is 18.4. The van der Waals surface area contributed by atoms with Crippen molar-refractivity contribution >= 4 is 29.5 Å². The number of amidine groups is 1. The zero-order chi connectivity index (χ0) is 39.4. The third kappa shape index (κ3) is 7.07. The fourth-order valence-electron chi connectivity index (χ4n) is 7.53. The average Bonchev–Trinajstić information content (AvgIpc) is 3.86. The van der Waals surface area contributed by atoms with Gasteiger partial charge in [-0.1, -0.05) is 72.8 Å². The number of anilines is 1. The van der Waals surface area contributed by atoms with Crippen LogP contribution in [0, 0.1) is 5.41 Å². The smallest absolute Gasteiger partial charge is 0.306 e. The lowest BCUT2D eigenvalue weighted by molar-refractivity contribution is -0.159. The Labute approximate surface area is 322 Å². The maximum Gasteiger partial charge on any atom is 0.306 e. The number of benzene rings is 4. The van der Waals surface area contributed by atoms with Crippen LogP contribution in [-0.4, -0.2) is 87.5 Å². The Morgan fingerprint density at radius 1 is 0.875 bits per heavy atom. The van der Waals surface area contributed by atoms with E-state index in [9.17, 15) is 24.6 Å². The lowest BCUT2D eigenvalue weighted by Crippen LogP contribution is -2.52. The molecule has 3 heterocycles. The number of carbonyl (C=O) groups excluding carboxylic acids is 2. The van der Waals surface area contributed by atoms with E-state index in [0.717, 1.165) is 0 Å². The second-order valence-corrected chi connectivity index (χ2v) is 13.4. The number of carbonyl (C=O) groups is 3. The molecule has 1 fully saturated rings. The molecule has 14 heteroatoms. The highest BCUT2D eigenvalue weighted by molar-refractivity contribution is 6.13. The van der Waals surface area contributed by atoms with Crippen LogP contribution in [0.15, 0.2) is 116 Å². The van der Waals surface area contributed by atoms with E-state index in [2.05, 4.69) is 10.3 Å². The molecule has 2 aliphatic heterocycles. The molecule has 5 aromatic rings. The van der Waals surface area contributed by atoms with Crippen LogP contribution in [0.4, 0.5) is 5.82 Å². The average molecular weight is 760 g/mol. The predicted molar refractivity (Wildman–Crippen MR) is 204 cm³/mol. The number of aliphatic carboxylic acids is 1. The first kappa shape index (κ1) is 37.8. The summed E-state index contributed by atoms with van der Waals surface area (Å²) < 4.78 is 25.4. The van der Waals surface area contributed by atoms with Crippen LogP contribution in [0.25, 0.3) is 0 Å². The van der Waals surface area contributed by atoms with E-state index in [4.69, 9.17) is 24.4 Å². The predicted octanol–water partition coefficient (Wildman–Crippen LogP) is 5.21. The van der Waals surface area contributed by atoms with Crippen molar-refractivity contribution in [2.75, 3.05) is 26.2 Å². The summed E-state index contributed by atoms with van der Waals surface area (Å²) >= 11 is 0. The van der Waals surface area contributed by atoms with Gasteiger partial charge in [0.1, 0.15) is 47.6 Å². The topological polar surface area (TPSA) is 186 Å². The van der Waals surface area contributed by atoms with Crippen molar-refractivity contribution in [1.82, 2.24) is 14.5 Å². The van der Waals surface area contributed by atoms with Crippen molar-refractivity contribution < 1.29 is 43.5 Å². The first-order chi connectivity index (χ1) is 27.1. The van der Waals surface area contributed by atoms with Gasteiger partial charge in [0.15, 0.2) is 5.84 Å². The van der Waals surface area contributed by atoms with Crippen molar-refractivity contribution in [2.45, 2.75) is 49.2 Å². The van der Waals surface area contributed by atoms with Gasteiger partial charge in [0.05, 0.1) is 45.5 Å². The van der Waals surface area contributed by atoms with Crippen molar-refractivity contribution in [3.63, 3.8) is 0 Å². The molecule has 4 N–H and O–H groups in total. The van der Waals surface area contributed by atoms with E-state index in [0.29, 0.717) is 39.6 Å². The van der Waals surface area contributed by atoms with Crippen LogP contribution in [0.5, 0.6) is 11.5 Å². The minimum Gasteiger partial charge on any atom is -0.497 e. The highest BCUT2D eigenvalue weighted by atomic mass is 16.6. The third-order valence-corrected chi connectivity index (χ3v) is 10.3. The number of nitrogens with zero attached hydrogens (tertiary/aromatic N) is 3. The Balaban J connectivity index is 1.30. The molecule has 4 aromatic carbocycles. The van der Waals surface area contributed by atoms with E-state index in [1.54, 1.807) is 73.4 Å². The second-order valence-electron chi connectivity index (χ2n) is 13.4. The molecule has 56 heavy (non-hydrogen) atoms. The highest BCUT2D eigenvalue weighted by Crippen LogP contribution is 2.48. The highest BCUT2D eigenvalue weighted by Gasteiger charge is 2.54. The molecule has 7 rings (SSSR count). The molecule has 0 spiro atoms. The van der Waals surface area contributed by atoms with Gasteiger partial charge in [-0.05, 0) is 53.1 Å². The van der Waals surface area contributed by atoms with Gasteiger partial charge >= 0.3 is 11.9 Å². The van der Waals surface area contributed by atoms with Crippen LogP contribution in [-0.2, 0) is 24.5 Å². The Morgan fingerprint density at radius 2 is 1.45 bits per heavy atom.